The largest absolute Gasteiger partial charge is 1.00 e. The van der Waals surface area contributed by atoms with E-state index in [-0.39, 0.29) is 36.2 Å². The molecule has 0 N–H and O–H groups in total. The van der Waals surface area contributed by atoms with Gasteiger partial charge in [-0.05, 0) is 6.42 Å². The molecule has 0 saturated carbocycles. The first-order valence-electron chi connectivity index (χ1n) is 11.7. The zero-order valence-corrected chi connectivity index (χ0v) is 21.8. The van der Waals surface area contributed by atoms with Crippen LogP contribution in [-0.2, 0) is 9.09 Å². The van der Waals surface area contributed by atoms with E-state index in [1.165, 1.54) is 109 Å². The number of hydrogen-bond donors (Lipinski definition) is 0. The van der Waals surface area contributed by atoms with E-state index in [0.717, 1.165) is 12.8 Å². The molecule has 4 nitrogen and oxygen atoms in total. The van der Waals surface area contributed by atoms with E-state index < -0.39 is 7.82 Å². The fourth-order valence-electron chi connectivity index (χ4n) is 3.53. The Kier molecular flexibility index (Phi) is 27.3. The van der Waals surface area contributed by atoms with E-state index >= 15 is 0 Å². The minimum absolute atomic E-state index is 0. The first-order valence-corrected chi connectivity index (χ1v) is 13.2. The normalized spacial score (nSPS) is 11.5. The first kappa shape index (κ1) is 31.3. The van der Waals surface area contributed by atoms with Crippen LogP contribution in [0.2, 0.25) is 0 Å². The molecule has 0 heterocycles. The van der Waals surface area contributed by atoms with Gasteiger partial charge in [0.15, 0.2) is 0 Å². The SMILES string of the molecule is CCCCCCCCCCCCCCCCCCCCCCOP(=O)([O-])[O-].[Na+]. The van der Waals surface area contributed by atoms with Gasteiger partial charge in [0.05, 0.1) is 14.4 Å². The molecule has 0 unspecified atom stereocenters. The molecule has 0 rings (SSSR count). The van der Waals surface area contributed by atoms with Crippen molar-refractivity contribution in [1.29, 1.82) is 0 Å². The number of rotatable bonds is 22. The molecule has 0 aromatic carbocycles. The van der Waals surface area contributed by atoms with Crippen LogP contribution in [0, 0.1) is 0 Å². The summed E-state index contributed by atoms with van der Waals surface area (Å²) in [4.78, 5) is 20.6. The molecule has 28 heavy (non-hydrogen) atoms. The number of phosphoric ester groups is 1. The van der Waals surface area contributed by atoms with Crippen molar-refractivity contribution in [2.45, 2.75) is 135 Å². The molecule has 0 aromatic rings. The van der Waals surface area contributed by atoms with Crippen molar-refractivity contribution in [3.05, 3.63) is 0 Å². The van der Waals surface area contributed by atoms with Gasteiger partial charge in [0.25, 0.3) is 0 Å². The fraction of sp³-hybridized carbons (Fsp3) is 1.00. The molecule has 0 aliphatic carbocycles. The third-order valence-corrected chi connectivity index (χ3v) is 5.75. The molecular formula is C22H45NaO4P-. The number of hydrogen-bond acceptors (Lipinski definition) is 4. The molecular weight excluding hydrogens is 382 g/mol. The summed E-state index contributed by atoms with van der Waals surface area (Å²) >= 11 is 0. The van der Waals surface area contributed by atoms with E-state index in [1.807, 2.05) is 0 Å². The molecule has 0 radical (unpaired) electrons. The number of phosphoric acid groups is 1. The predicted molar refractivity (Wildman–Crippen MR) is 112 cm³/mol. The Morgan fingerprint density at radius 1 is 0.536 bits per heavy atom. The average molecular weight is 428 g/mol. The van der Waals surface area contributed by atoms with Crippen molar-refractivity contribution >= 4 is 7.82 Å². The zero-order chi connectivity index (χ0) is 20.1. The minimum atomic E-state index is -4.76. The van der Waals surface area contributed by atoms with Gasteiger partial charge in [-0.25, -0.2) is 0 Å². The van der Waals surface area contributed by atoms with Crippen molar-refractivity contribution in [2.75, 3.05) is 6.61 Å². The Hall–Kier alpha value is 1.11. The summed E-state index contributed by atoms with van der Waals surface area (Å²) in [5.41, 5.74) is 0. The van der Waals surface area contributed by atoms with E-state index in [4.69, 9.17) is 0 Å². The maximum atomic E-state index is 10.3. The van der Waals surface area contributed by atoms with E-state index in [9.17, 15) is 14.4 Å². The van der Waals surface area contributed by atoms with E-state index in [2.05, 4.69) is 11.4 Å². The van der Waals surface area contributed by atoms with Crippen LogP contribution < -0.4 is 39.3 Å². The maximum absolute atomic E-state index is 10.3. The Balaban J connectivity index is 0. The quantitative estimate of drug-likeness (QED) is 0.150. The Labute approximate surface area is 197 Å². The summed E-state index contributed by atoms with van der Waals surface area (Å²) in [6, 6.07) is 0. The van der Waals surface area contributed by atoms with Crippen molar-refractivity contribution in [2.24, 2.45) is 0 Å². The molecule has 0 amide bonds. The van der Waals surface area contributed by atoms with Crippen LogP contribution in [0.5, 0.6) is 0 Å². The van der Waals surface area contributed by atoms with Gasteiger partial charge >= 0.3 is 29.6 Å². The second-order valence-electron chi connectivity index (χ2n) is 8.00. The Morgan fingerprint density at radius 3 is 1.04 bits per heavy atom. The van der Waals surface area contributed by atoms with Crippen molar-refractivity contribution in [3.63, 3.8) is 0 Å². The molecule has 0 aromatic heterocycles. The summed E-state index contributed by atoms with van der Waals surface area (Å²) in [5, 5.41) is 0. The van der Waals surface area contributed by atoms with Gasteiger partial charge in [-0.1, -0.05) is 129 Å². The van der Waals surface area contributed by atoms with E-state index in [1.54, 1.807) is 0 Å². The third-order valence-electron chi connectivity index (χ3n) is 5.25. The Bertz CT molecular complexity index is 336. The molecule has 0 atom stereocenters. The topological polar surface area (TPSA) is 72.4 Å². The van der Waals surface area contributed by atoms with Gasteiger partial charge in [0.2, 0.25) is 0 Å². The molecule has 6 heteroatoms. The second-order valence-corrected chi connectivity index (χ2v) is 9.15. The van der Waals surface area contributed by atoms with Gasteiger partial charge in [-0.3, -0.25) is 0 Å². The molecule has 164 valence electrons. The molecule has 0 bridgehead atoms. The summed E-state index contributed by atoms with van der Waals surface area (Å²) < 4.78 is 14.5. The van der Waals surface area contributed by atoms with Crippen LogP contribution in [0.1, 0.15) is 135 Å². The summed E-state index contributed by atoms with van der Waals surface area (Å²) in [6.07, 6.45) is 26.2. The van der Waals surface area contributed by atoms with Crippen LogP contribution in [0.3, 0.4) is 0 Å². The van der Waals surface area contributed by atoms with Gasteiger partial charge < -0.3 is 18.9 Å². The van der Waals surface area contributed by atoms with Crippen molar-refractivity contribution in [1.82, 2.24) is 0 Å². The van der Waals surface area contributed by atoms with Crippen LogP contribution in [0.4, 0.5) is 0 Å². The average Bonchev–Trinajstić information content (AvgIpc) is 2.62. The van der Waals surface area contributed by atoms with Crippen LogP contribution in [0.15, 0.2) is 0 Å². The summed E-state index contributed by atoms with van der Waals surface area (Å²) in [7, 11) is -4.76. The maximum Gasteiger partial charge on any atom is 1.00 e. The van der Waals surface area contributed by atoms with E-state index in [0.29, 0.717) is 6.42 Å². The molecule has 0 fully saturated rings. The number of unbranched alkanes of at least 4 members (excludes halogenated alkanes) is 19. The van der Waals surface area contributed by atoms with Gasteiger partial charge in [0.1, 0.15) is 0 Å². The Morgan fingerprint density at radius 2 is 0.786 bits per heavy atom. The first-order chi connectivity index (χ1) is 13.1. The minimum Gasteiger partial charge on any atom is -0.790 e. The standard InChI is InChI=1S/C22H47O4P.Na/c1-2-3-4-5-6-7-8-9-10-11-12-13-14-15-16-17-18-19-20-21-22-26-27(23,24)25;/h2-22H2,1H3,(H2,23,24,25);/q;+1/p-2. The van der Waals surface area contributed by atoms with Crippen molar-refractivity contribution < 1.29 is 48.4 Å². The van der Waals surface area contributed by atoms with Crippen LogP contribution in [0.25, 0.3) is 0 Å². The van der Waals surface area contributed by atoms with Crippen molar-refractivity contribution in [3.8, 4) is 0 Å². The molecule has 0 aliphatic rings. The predicted octanol–water partition coefficient (Wildman–Crippen LogP) is 3.66. The van der Waals surface area contributed by atoms with Gasteiger partial charge in [-0.2, -0.15) is 0 Å². The summed E-state index contributed by atoms with van der Waals surface area (Å²) in [5.74, 6) is 0. The summed E-state index contributed by atoms with van der Waals surface area (Å²) in [6.45, 7) is 2.32. The molecule has 0 spiro atoms. The van der Waals surface area contributed by atoms with Gasteiger partial charge in [-0.15, -0.1) is 0 Å². The monoisotopic (exact) mass is 427 g/mol. The van der Waals surface area contributed by atoms with Crippen LogP contribution in [-0.4, -0.2) is 6.61 Å². The third kappa shape index (κ3) is 29.3. The smallest absolute Gasteiger partial charge is 0.790 e. The van der Waals surface area contributed by atoms with Crippen LogP contribution >= 0.6 is 7.82 Å². The van der Waals surface area contributed by atoms with Gasteiger partial charge in [0, 0.05) is 0 Å². The zero-order valence-electron chi connectivity index (χ0n) is 18.9. The second kappa shape index (κ2) is 24.4. The molecule has 0 saturated heterocycles. The molecule has 0 aliphatic heterocycles. The fourth-order valence-corrected chi connectivity index (χ4v) is 3.89.